The molecule has 2 aromatic carbocycles. The largest absolute Gasteiger partial charge is 0.493 e. The van der Waals surface area contributed by atoms with Crippen LogP contribution in [0.25, 0.3) is 0 Å². The Morgan fingerprint density at radius 2 is 1.78 bits per heavy atom. The maximum Gasteiger partial charge on any atom is 0.260 e. The number of benzene rings is 2. The number of nitrogens with zero attached hydrogens (tertiary/aromatic N) is 2. The highest BCUT2D eigenvalue weighted by Crippen LogP contribution is 2.27. The summed E-state index contributed by atoms with van der Waals surface area (Å²) < 4.78 is 10.8. The molecule has 2 aromatic rings. The Labute approximate surface area is 159 Å². The van der Waals surface area contributed by atoms with Crippen molar-refractivity contribution in [3.05, 3.63) is 59.7 Å². The van der Waals surface area contributed by atoms with Crippen LogP contribution >= 0.6 is 0 Å². The number of aldehydes is 1. The molecule has 1 saturated heterocycles. The zero-order valence-corrected chi connectivity index (χ0v) is 15.5. The van der Waals surface area contributed by atoms with E-state index in [-0.39, 0.29) is 12.5 Å². The summed E-state index contributed by atoms with van der Waals surface area (Å²) in [6.07, 6.45) is 0.742. The summed E-state index contributed by atoms with van der Waals surface area (Å²) in [6, 6.07) is 15.2. The first-order valence-corrected chi connectivity index (χ1v) is 8.99. The minimum absolute atomic E-state index is 0.0455. The fourth-order valence-electron chi connectivity index (χ4n) is 3.10. The molecule has 0 bridgehead atoms. The van der Waals surface area contributed by atoms with Crippen LogP contribution in [0.3, 0.4) is 0 Å². The maximum absolute atomic E-state index is 12.4. The van der Waals surface area contributed by atoms with Gasteiger partial charge in [-0.15, -0.1) is 0 Å². The van der Waals surface area contributed by atoms with Gasteiger partial charge in [0.05, 0.1) is 7.11 Å². The molecule has 1 aliphatic heterocycles. The minimum atomic E-state index is -0.0461. The number of rotatable bonds is 7. The molecule has 0 N–H and O–H groups in total. The van der Waals surface area contributed by atoms with E-state index in [2.05, 4.69) is 17.0 Å². The second-order valence-electron chi connectivity index (χ2n) is 6.46. The average molecular weight is 368 g/mol. The standard InChI is InChI=1S/C21H24N2O4/c1-26-20-13-18(15-24)7-8-19(20)27-16-21(25)23-11-9-22(10-12-23)14-17-5-3-2-4-6-17/h2-8,13,15H,9-12,14,16H2,1H3. The van der Waals surface area contributed by atoms with Gasteiger partial charge in [-0.3, -0.25) is 14.5 Å². The number of carbonyl (C=O) groups excluding carboxylic acids is 2. The molecule has 142 valence electrons. The molecule has 0 aliphatic carbocycles. The lowest BCUT2D eigenvalue weighted by atomic mass is 10.2. The van der Waals surface area contributed by atoms with Crippen molar-refractivity contribution >= 4 is 12.2 Å². The predicted octanol–water partition coefficient (Wildman–Crippen LogP) is 2.23. The van der Waals surface area contributed by atoms with Crippen LogP contribution in [0.5, 0.6) is 11.5 Å². The summed E-state index contributed by atoms with van der Waals surface area (Å²) >= 11 is 0. The van der Waals surface area contributed by atoms with Crippen LogP contribution in [-0.2, 0) is 11.3 Å². The van der Waals surface area contributed by atoms with Crippen molar-refractivity contribution in [2.45, 2.75) is 6.54 Å². The second kappa shape index (κ2) is 9.19. The van der Waals surface area contributed by atoms with Crippen molar-refractivity contribution in [3.63, 3.8) is 0 Å². The van der Waals surface area contributed by atoms with Crippen LogP contribution in [0.2, 0.25) is 0 Å². The molecule has 1 aliphatic rings. The first-order valence-electron chi connectivity index (χ1n) is 8.99. The second-order valence-corrected chi connectivity index (χ2v) is 6.46. The highest BCUT2D eigenvalue weighted by Gasteiger charge is 2.21. The zero-order valence-electron chi connectivity index (χ0n) is 15.5. The third-order valence-corrected chi connectivity index (χ3v) is 4.65. The van der Waals surface area contributed by atoms with E-state index in [0.29, 0.717) is 30.2 Å². The number of hydrogen-bond donors (Lipinski definition) is 0. The molecule has 0 atom stereocenters. The first kappa shape index (κ1) is 18.9. The molecule has 3 rings (SSSR count). The van der Waals surface area contributed by atoms with E-state index >= 15 is 0 Å². The molecule has 6 heteroatoms. The van der Waals surface area contributed by atoms with Crippen LogP contribution in [0.1, 0.15) is 15.9 Å². The molecule has 0 spiro atoms. The molecule has 1 heterocycles. The lowest BCUT2D eigenvalue weighted by molar-refractivity contribution is -0.135. The lowest BCUT2D eigenvalue weighted by Gasteiger charge is -2.34. The Balaban J connectivity index is 1.48. The van der Waals surface area contributed by atoms with Crippen LogP contribution in [0, 0.1) is 0 Å². The van der Waals surface area contributed by atoms with Gasteiger partial charge in [0.15, 0.2) is 18.1 Å². The monoisotopic (exact) mass is 368 g/mol. The molecule has 0 unspecified atom stereocenters. The van der Waals surface area contributed by atoms with E-state index in [0.717, 1.165) is 25.9 Å². The first-order chi connectivity index (χ1) is 13.2. The van der Waals surface area contributed by atoms with Crippen LogP contribution in [-0.4, -0.2) is 61.9 Å². The quantitative estimate of drug-likeness (QED) is 0.702. The lowest BCUT2D eigenvalue weighted by Crippen LogP contribution is -2.49. The molecule has 0 radical (unpaired) electrons. The van der Waals surface area contributed by atoms with Gasteiger partial charge in [-0.05, 0) is 23.8 Å². The average Bonchev–Trinajstić information content (AvgIpc) is 2.73. The van der Waals surface area contributed by atoms with Gasteiger partial charge < -0.3 is 14.4 Å². The molecule has 6 nitrogen and oxygen atoms in total. The predicted molar refractivity (Wildman–Crippen MR) is 102 cm³/mol. The van der Waals surface area contributed by atoms with Crippen molar-refractivity contribution in [2.75, 3.05) is 39.9 Å². The van der Waals surface area contributed by atoms with Gasteiger partial charge in [0.1, 0.15) is 6.29 Å². The topological polar surface area (TPSA) is 59.1 Å². The Bertz CT molecular complexity index is 771. The van der Waals surface area contributed by atoms with Gasteiger partial charge in [-0.2, -0.15) is 0 Å². The normalized spacial score (nSPS) is 14.6. The van der Waals surface area contributed by atoms with E-state index in [9.17, 15) is 9.59 Å². The smallest absolute Gasteiger partial charge is 0.260 e. The third-order valence-electron chi connectivity index (χ3n) is 4.65. The van der Waals surface area contributed by atoms with Crippen LogP contribution < -0.4 is 9.47 Å². The molecule has 1 amide bonds. The van der Waals surface area contributed by atoms with Gasteiger partial charge in [-0.25, -0.2) is 0 Å². The number of piperazine rings is 1. The summed E-state index contributed by atoms with van der Waals surface area (Å²) in [7, 11) is 1.50. The molecule has 1 fully saturated rings. The molecular weight excluding hydrogens is 344 g/mol. The minimum Gasteiger partial charge on any atom is -0.493 e. The number of carbonyl (C=O) groups is 2. The van der Waals surface area contributed by atoms with Crippen LogP contribution in [0.4, 0.5) is 0 Å². The fraction of sp³-hybridized carbons (Fsp3) is 0.333. The van der Waals surface area contributed by atoms with Gasteiger partial charge in [0.2, 0.25) is 0 Å². The summed E-state index contributed by atoms with van der Waals surface area (Å²) in [6.45, 7) is 3.93. The summed E-state index contributed by atoms with van der Waals surface area (Å²) in [5, 5.41) is 0. The van der Waals surface area contributed by atoms with Gasteiger partial charge in [0.25, 0.3) is 5.91 Å². The zero-order chi connectivity index (χ0) is 19.1. The van der Waals surface area contributed by atoms with Crippen molar-refractivity contribution in [3.8, 4) is 11.5 Å². The highest BCUT2D eigenvalue weighted by molar-refractivity contribution is 5.78. The fourth-order valence-corrected chi connectivity index (χ4v) is 3.10. The Morgan fingerprint density at radius 1 is 1.04 bits per heavy atom. The SMILES string of the molecule is COc1cc(C=O)ccc1OCC(=O)N1CCN(Cc2ccccc2)CC1. The summed E-state index contributed by atoms with van der Waals surface area (Å²) in [5.74, 6) is 0.857. The van der Waals surface area contributed by atoms with E-state index in [1.54, 1.807) is 18.2 Å². The third kappa shape index (κ3) is 5.08. The highest BCUT2D eigenvalue weighted by atomic mass is 16.5. The number of ether oxygens (including phenoxy) is 2. The molecular formula is C21H24N2O4. The summed E-state index contributed by atoms with van der Waals surface area (Å²) in [5.41, 5.74) is 1.78. The van der Waals surface area contributed by atoms with Gasteiger partial charge >= 0.3 is 0 Å². The van der Waals surface area contributed by atoms with Gasteiger partial charge in [0, 0.05) is 38.3 Å². The van der Waals surface area contributed by atoms with E-state index in [1.165, 1.54) is 12.7 Å². The number of methoxy groups -OCH3 is 1. The Morgan fingerprint density at radius 3 is 2.44 bits per heavy atom. The molecule has 0 aromatic heterocycles. The van der Waals surface area contributed by atoms with Crippen molar-refractivity contribution in [2.24, 2.45) is 0 Å². The Kier molecular flexibility index (Phi) is 6.44. The van der Waals surface area contributed by atoms with E-state index in [4.69, 9.17) is 9.47 Å². The number of amides is 1. The van der Waals surface area contributed by atoms with Crippen LogP contribution in [0.15, 0.2) is 48.5 Å². The molecule has 27 heavy (non-hydrogen) atoms. The van der Waals surface area contributed by atoms with Crippen molar-refractivity contribution in [1.82, 2.24) is 9.80 Å². The summed E-state index contributed by atoms with van der Waals surface area (Å²) in [4.78, 5) is 27.5. The molecule has 0 saturated carbocycles. The number of hydrogen-bond acceptors (Lipinski definition) is 5. The van der Waals surface area contributed by atoms with Gasteiger partial charge in [-0.1, -0.05) is 30.3 Å². The van der Waals surface area contributed by atoms with E-state index in [1.807, 2.05) is 23.1 Å². The Hall–Kier alpha value is -2.86. The van der Waals surface area contributed by atoms with Crippen molar-refractivity contribution in [1.29, 1.82) is 0 Å². The van der Waals surface area contributed by atoms with E-state index < -0.39 is 0 Å². The maximum atomic E-state index is 12.4. The van der Waals surface area contributed by atoms with Crippen molar-refractivity contribution < 1.29 is 19.1 Å².